The Bertz CT molecular complexity index is 842. The summed E-state index contributed by atoms with van der Waals surface area (Å²) in [5.74, 6) is -2.51. The second-order valence-electron chi connectivity index (χ2n) is 5.09. The van der Waals surface area contributed by atoms with Gasteiger partial charge < -0.3 is 14.8 Å². The van der Waals surface area contributed by atoms with Gasteiger partial charge >= 0.3 is 12.0 Å². The number of amides is 1. The van der Waals surface area contributed by atoms with Gasteiger partial charge in [0.05, 0.1) is 4.92 Å². The molecule has 0 spiro atoms. The third-order valence-corrected chi connectivity index (χ3v) is 3.15. The lowest BCUT2D eigenvalue weighted by atomic mass is 10.2. The third-order valence-electron chi connectivity index (χ3n) is 3.15. The molecule has 11 heteroatoms. The van der Waals surface area contributed by atoms with Crippen LogP contribution in [0.5, 0.6) is 11.5 Å². The van der Waals surface area contributed by atoms with E-state index in [0.717, 1.165) is 24.3 Å². The van der Waals surface area contributed by atoms with Gasteiger partial charge in [0.15, 0.2) is 6.61 Å². The molecule has 144 valence electrons. The van der Waals surface area contributed by atoms with Crippen molar-refractivity contribution in [2.75, 3.05) is 6.61 Å². The summed E-state index contributed by atoms with van der Waals surface area (Å²) < 4.78 is 59.0. The molecule has 1 amide bonds. The van der Waals surface area contributed by atoms with Crippen molar-refractivity contribution in [1.29, 1.82) is 0 Å². The maximum atomic E-state index is 13.2. The van der Waals surface area contributed by atoms with Crippen molar-refractivity contribution in [3.8, 4) is 11.5 Å². The predicted molar refractivity (Wildman–Crippen MR) is 83.5 cm³/mol. The van der Waals surface area contributed by atoms with E-state index in [4.69, 9.17) is 4.74 Å². The first-order valence-electron chi connectivity index (χ1n) is 7.33. The summed E-state index contributed by atoms with van der Waals surface area (Å²) in [5, 5.41) is 13.1. The van der Waals surface area contributed by atoms with Crippen molar-refractivity contribution in [1.82, 2.24) is 5.32 Å². The SMILES string of the molecule is O=C(COc1cc(F)ccc1[N+](=O)[O-])NCc1ccccc1OC(F)(F)F. The van der Waals surface area contributed by atoms with Crippen molar-refractivity contribution in [2.24, 2.45) is 0 Å². The van der Waals surface area contributed by atoms with Gasteiger partial charge in [0.25, 0.3) is 5.91 Å². The van der Waals surface area contributed by atoms with Crippen molar-refractivity contribution in [3.63, 3.8) is 0 Å². The maximum absolute atomic E-state index is 13.2. The first kappa shape index (κ1) is 19.9. The van der Waals surface area contributed by atoms with Gasteiger partial charge in [-0.15, -0.1) is 13.2 Å². The number of ether oxygens (including phenoxy) is 2. The molecule has 2 rings (SSSR count). The quantitative estimate of drug-likeness (QED) is 0.446. The average molecular weight is 388 g/mol. The highest BCUT2D eigenvalue weighted by atomic mass is 19.4. The first-order valence-corrected chi connectivity index (χ1v) is 7.33. The average Bonchev–Trinajstić information content (AvgIpc) is 2.57. The Labute approximate surface area is 149 Å². The number of benzene rings is 2. The Balaban J connectivity index is 1.97. The molecule has 0 fully saturated rings. The number of nitrogens with one attached hydrogen (secondary N) is 1. The number of para-hydroxylation sites is 1. The zero-order chi connectivity index (χ0) is 20.0. The number of nitro groups is 1. The van der Waals surface area contributed by atoms with Gasteiger partial charge in [-0.3, -0.25) is 14.9 Å². The second kappa shape index (κ2) is 8.34. The number of carbonyl (C=O) groups is 1. The van der Waals surface area contributed by atoms with Crippen LogP contribution in [0.15, 0.2) is 42.5 Å². The molecule has 0 heterocycles. The van der Waals surface area contributed by atoms with Crippen molar-refractivity contribution < 1.29 is 36.8 Å². The number of nitrogens with zero attached hydrogens (tertiary/aromatic N) is 1. The molecule has 0 saturated carbocycles. The zero-order valence-electron chi connectivity index (χ0n) is 13.5. The molecule has 1 N–H and O–H groups in total. The van der Waals surface area contributed by atoms with Crippen LogP contribution in [0.1, 0.15) is 5.56 Å². The molecule has 0 aliphatic rings. The lowest BCUT2D eigenvalue weighted by Gasteiger charge is -2.13. The Morgan fingerprint density at radius 2 is 1.85 bits per heavy atom. The minimum Gasteiger partial charge on any atom is -0.477 e. The summed E-state index contributed by atoms with van der Waals surface area (Å²) in [7, 11) is 0. The first-order chi connectivity index (χ1) is 12.7. The highest BCUT2D eigenvalue weighted by Gasteiger charge is 2.32. The number of alkyl halides is 3. The predicted octanol–water partition coefficient (Wildman–Crippen LogP) is 3.33. The smallest absolute Gasteiger partial charge is 0.477 e. The fourth-order valence-corrected chi connectivity index (χ4v) is 2.02. The molecule has 27 heavy (non-hydrogen) atoms. The number of nitro benzene ring substituents is 1. The largest absolute Gasteiger partial charge is 0.573 e. The number of hydrogen-bond acceptors (Lipinski definition) is 5. The Hall–Kier alpha value is -3.37. The van der Waals surface area contributed by atoms with E-state index in [2.05, 4.69) is 10.1 Å². The van der Waals surface area contributed by atoms with Crippen molar-refractivity contribution in [3.05, 3.63) is 64.0 Å². The normalized spacial score (nSPS) is 11.0. The molecular weight excluding hydrogens is 376 g/mol. The van der Waals surface area contributed by atoms with Gasteiger partial charge in [-0.05, 0) is 12.1 Å². The van der Waals surface area contributed by atoms with Gasteiger partial charge in [-0.1, -0.05) is 18.2 Å². The summed E-state index contributed by atoms with van der Waals surface area (Å²) >= 11 is 0. The van der Waals surface area contributed by atoms with Gasteiger partial charge in [0.1, 0.15) is 11.6 Å². The maximum Gasteiger partial charge on any atom is 0.573 e. The van der Waals surface area contributed by atoms with Crippen LogP contribution >= 0.6 is 0 Å². The molecular formula is C16H12F4N2O5. The van der Waals surface area contributed by atoms with Crippen molar-refractivity contribution >= 4 is 11.6 Å². The minimum atomic E-state index is -4.89. The monoisotopic (exact) mass is 388 g/mol. The standard InChI is InChI=1S/C16H12F4N2O5/c17-11-5-6-12(22(24)25)14(7-11)26-9-15(23)21-8-10-3-1-2-4-13(10)27-16(18,19)20/h1-7H,8-9H2,(H,21,23). The molecule has 0 atom stereocenters. The molecule has 0 aromatic heterocycles. The molecule has 2 aromatic carbocycles. The van der Waals surface area contributed by atoms with E-state index in [1.54, 1.807) is 0 Å². The highest BCUT2D eigenvalue weighted by Crippen LogP contribution is 2.28. The fraction of sp³-hybridized carbons (Fsp3) is 0.188. The molecule has 7 nitrogen and oxygen atoms in total. The van der Waals surface area contributed by atoms with Crippen LogP contribution in [0.2, 0.25) is 0 Å². The molecule has 0 bridgehead atoms. The lowest BCUT2D eigenvalue weighted by molar-refractivity contribution is -0.385. The van der Waals surface area contributed by atoms with E-state index < -0.39 is 46.8 Å². The van der Waals surface area contributed by atoms with Crippen LogP contribution in [0.4, 0.5) is 23.2 Å². The Morgan fingerprint density at radius 1 is 1.15 bits per heavy atom. The summed E-state index contributed by atoms with van der Waals surface area (Å²) in [6, 6.07) is 7.69. The van der Waals surface area contributed by atoms with Gasteiger partial charge in [-0.25, -0.2) is 4.39 Å². The Morgan fingerprint density at radius 3 is 2.52 bits per heavy atom. The summed E-state index contributed by atoms with van der Waals surface area (Å²) in [5.41, 5.74) is -0.479. The van der Waals surface area contributed by atoms with Crippen LogP contribution < -0.4 is 14.8 Å². The van der Waals surface area contributed by atoms with Crippen LogP contribution in [-0.2, 0) is 11.3 Å². The van der Waals surface area contributed by atoms with Gasteiger partial charge in [0, 0.05) is 24.2 Å². The third kappa shape index (κ3) is 6.13. The zero-order valence-corrected chi connectivity index (χ0v) is 13.5. The summed E-state index contributed by atoms with van der Waals surface area (Å²) in [6.45, 7) is -1.01. The van der Waals surface area contributed by atoms with E-state index in [1.165, 1.54) is 18.2 Å². The molecule has 2 aromatic rings. The topological polar surface area (TPSA) is 90.7 Å². The highest BCUT2D eigenvalue weighted by molar-refractivity contribution is 5.77. The van der Waals surface area contributed by atoms with E-state index in [0.29, 0.717) is 0 Å². The van der Waals surface area contributed by atoms with Crippen molar-refractivity contribution in [2.45, 2.75) is 12.9 Å². The van der Waals surface area contributed by atoms with E-state index in [9.17, 15) is 32.5 Å². The molecule has 0 radical (unpaired) electrons. The molecule has 0 aliphatic heterocycles. The molecule has 0 saturated heterocycles. The summed E-state index contributed by atoms with van der Waals surface area (Å²) in [6.07, 6.45) is -4.89. The Kier molecular flexibility index (Phi) is 6.16. The van der Waals surface area contributed by atoms with E-state index >= 15 is 0 Å². The number of halogens is 4. The minimum absolute atomic E-state index is 0.0555. The lowest BCUT2D eigenvalue weighted by Crippen LogP contribution is -2.29. The molecule has 0 unspecified atom stereocenters. The number of hydrogen-bond donors (Lipinski definition) is 1. The van der Waals surface area contributed by atoms with E-state index in [1.807, 2.05) is 0 Å². The summed E-state index contributed by atoms with van der Waals surface area (Å²) in [4.78, 5) is 21.8. The van der Waals surface area contributed by atoms with Gasteiger partial charge in [0.2, 0.25) is 5.75 Å². The molecule has 0 aliphatic carbocycles. The number of rotatable bonds is 7. The fourth-order valence-electron chi connectivity index (χ4n) is 2.02. The number of carbonyl (C=O) groups excluding carboxylic acids is 1. The van der Waals surface area contributed by atoms with Crippen LogP contribution in [0.25, 0.3) is 0 Å². The van der Waals surface area contributed by atoms with Crippen LogP contribution in [0.3, 0.4) is 0 Å². The van der Waals surface area contributed by atoms with Gasteiger partial charge in [-0.2, -0.15) is 0 Å². The van der Waals surface area contributed by atoms with Crippen LogP contribution in [-0.4, -0.2) is 23.8 Å². The van der Waals surface area contributed by atoms with E-state index in [-0.39, 0.29) is 12.1 Å². The second-order valence-corrected chi connectivity index (χ2v) is 5.09. The van der Waals surface area contributed by atoms with Crippen LogP contribution in [0, 0.1) is 15.9 Å².